The first-order valence-electron chi connectivity index (χ1n) is 11.4. The van der Waals surface area contributed by atoms with Gasteiger partial charge in [0, 0.05) is 61.1 Å². The molecule has 0 saturated heterocycles. The van der Waals surface area contributed by atoms with E-state index in [2.05, 4.69) is 75.4 Å². The van der Waals surface area contributed by atoms with Crippen molar-refractivity contribution in [1.29, 1.82) is 0 Å². The first kappa shape index (κ1) is 21.7. The van der Waals surface area contributed by atoms with E-state index in [1.54, 1.807) is 0 Å². The maximum atomic E-state index is 4.81. The summed E-state index contributed by atoms with van der Waals surface area (Å²) in [7, 11) is 8.19. The molecule has 6 rings (SSSR count). The Labute approximate surface area is 200 Å². The average Bonchev–Trinajstić information content (AvgIpc) is 2.85. The van der Waals surface area contributed by atoms with E-state index < -0.39 is 0 Å². The van der Waals surface area contributed by atoms with E-state index in [9.17, 15) is 0 Å². The molecule has 0 fully saturated rings. The van der Waals surface area contributed by atoms with Gasteiger partial charge in [0.05, 0.1) is 22.1 Å². The molecular formula is C30H28N4. The number of benzene rings is 4. The number of hydrogen-bond acceptors (Lipinski definition) is 4. The summed E-state index contributed by atoms with van der Waals surface area (Å²) in [5.41, 5.74) is 6.55. The van der Waals surface area contributed by atoms with Crippen molar-refractivity contribution in [2.75, 3.05) is 38.0 Å². The molecule has 0 unspecified atom stereocenters. The van der Waals surface area contributed by atoms with Crippen LogP contribution in [0.2, 0.25) is 0 Å². The van der Waals surface area contributed by atoms with Crippen molar-refractivity contribution >= 4 is 55.0 Å². The summed E-state index contributed by atoms with van der Waals surface area (Å²) in [6, 6.07) is 33.6. The minimum absolute atomic E-state index is 1.04. The van der Waals surface area contributed by atoms with Crippen molar-refractivity contribution in [3.05, 3.63) is 97.1 Å². The van der Waals surface area contributed by atoms with Crippen molar-refractivity contribution in [2.45, 2.75) is 0 Å². The molecular weight excluding hydrogens is 416 g/mol. The van der Waals surface area contributed by atoms with Gasteiger partial charge in [0.1, 0.15) is 0 Å². The maximum absolute atomic E-state index is 4.81. The third-order valence-corrected chi connectivity index (χ3v) is 6.04. The van der Waals surface area contributed by atoms with Gasteiger partial charge in [0.15, 0.2) is 0 Å². The summed E-state index contributed by atoms with van der Waals surface area (Å²) in [6.07, 6.45) is 0. The molecule has 0 radical (unpaired) electrons. The minimum Gasteiger partial charge on any atom is -0.378 e. The van der Waals surface area contributed by atoms with Gasteiger partial charge >= 0.3 is 0 Å². The molecule has 2 aromatic heterocycles. The highest BCUT2D eigenvalue weighted by molar-refractivity contribution is 5.95. The number of pyridine rings is 2. The normalized spacial score (nSPS) is 10.9. The zero-order chi connectivity index (χ0) is 23.7. The lowest BCUT2D eigenvalue weighted by atomic mass is 10.1. The lowest BCUT2D eigenvalue weighted by molar-refractivity contribution is 1.13. The Morgan fingerprint density at radius 1 is 0.412 bits per heavy atom. The van der Waals surface area contributed by atoms with E-state index in [1.807, 2.05) is 64.6 Å². The van der Waals surface area contributed by atoms with Gasteiger partial charge < -0.3 is 9.80 Å². The molecule has 4 aromatic carbocycles. The topological polar surface area (TPSA) is 32.3 Å². The van der Waals surface area contributed by atoms with Crippen LogP contribution in [-0.4, -0.2) is 38.2 Å². The molecule has 0 spiro atoms. The maximum Gasteiger partial charge on any atom is 0.0730 e. The molecule has 4 heteroatoms. The minimum atomic E-state index is 1.04. The van der Waals surface area contributed by atoms with Crippen LogP contribution in [0.3, 0.4) is 0 Å². The van der Waals surface area contributed by atoms with Crippen LogP contribution >= 0.6 is 0 Å². The molecule has 0 saturated carbocycles. The van der Waals surface area contributed by atoms with Crippen molar-refractivity contribution in [3.63, 3.8) is 0 Å². The molecule has 0 aliphatic heterocycles. The highest BCUT2D eigenvalue weighted by Gasteiger charge is 2.04. The molecule has 34 heavy (non-hydrogen) atoms. The molecule has 0 aliphatic rings. The van der Waals surface area contributed by atoms with E-state index in [-0.39, 0.29) is 0 Å². The summed E-state index contributed by atoms with van der Waals surface area (Å²) >= 11 is 0. The Kier molecular flexibility index (Phi) is 5.72. The molecule has 168 valence electrons. The number of hydrogen-bond donors (Lipinski definition) is 0. The van der Waals surface area contributed by atoms with Gasteiger partial charge in [-0.25, -0.2) is 9.97 Å². The van der Waals surface area contributed by atoms with Gasteiger partial charge in [-0.3, -0.25) is 0 Å². The fourth-order valence-electron chi connectivity index (χ4n) is 4.08. The van der Waals surface area contributed by atoms with Crippen molar-refractivity contribution in [3.8, 4) is 0 Å². The van der Waals surface area contributed by atoms with Gasteiger partial charge in [-0.1, -0.05) is 48.5 Å². The summed E-state index contributed by atoms with van der Waals surface area (Å²) < 4.78 is 0. The van der Waals surface area contributed by atoms with Gasteiger partial charge in [0.25, 0.3) is 0 Å². The van der Waals surface area contributed by atoms with E-state index in [4.69, 9.17) is 4.98 Å². The predicted octanol–water partition coefficient (Wildman–Crippen LogP) is 6.91. The second kappa shape index (κ2) is 8.99. The van der Waals surface area contributed by atoms with Gasteiger partial charge in [-0.05, 0) is 48.5 Å². The predicted molar refractivity (Wildman–Crippen MR) is 147 cm³/mol. The van der Waals surface area contributed by atoms with E-state index in [0.29, 0.717) is 0 Å². The second-order valence-corrected chi connectivity index (χ2v) is 8.91. The number of fused-ring (bicyclic) bond motifs is 4. The number of rotatable bonds is 2. The SMILES string of the molecule is CN(C)c1ccc2cc3ccc(N(C)C)cc3nc2c1.c1ccc2nc3ccccc3cc2c1. The van der Waals surface area contributed by atoms with E-state index in [0.717, 1.165) is 22.1 Å². The Morgan fingerprint density at radius 2 is 0.794 bits per heavy atom. The number of aromatic nitrogens is 2. The molecule has 4 nitrogen and oxygen atoms in total. The van der Waals surface area contributed by atoms with Crippen LogP contribution in [0.15, 0.2) is 97.1 Å². The third kappa shape index (κ3) is 4.35. The van der Waals surface area contributed by atoms with Crippen molar-refractivity contribution in [2.24, 2.45) is 0 Å². The number of anilines is 2. The van der Waals surface area contributed by atoms with Crippen LogP contribution in [0.4, 0.5) is 11.4 Å². The quantitative estimate of drug-likeness (QED) is 0.272. The highest BCUT2D eigenvalue weighted by atomic mass is 15.1. The lowest BCUT2D eigenvalue weighted by Crippen LogP contribution is -2.08. The van der Waals surface area contributed by atoms with Crippen LogP contribution in [0, 0.1) is 0 Å². The summed E-state index contributed by atoms with van der Waals surface area (Å²) in [6.45, 7) is 0. The first-order chi connectivity index (χ1) is 16.5. The average molecular weight is 445 g/mol. The molecule has 0 N–H and O–H groups in total. The summed E-state index contributed by atoms with van der Waals surface area (Å²) in [5, 5.41) is 4.76. The van der Waals surface area contributed by atoms with Crippen LogP contribution < -0.4 is 9.80 Å². The van der Waals surface area contributed by atoms with Crippen LogP contribution in [0.25, 0.3) is 43.6 Å². The summed E-state index contributed by atoms with van der Waals surface area (Å²) in [5.74, 6) is 0. The standard InChI is InChI=1S/C17H19N3.C13H9N/c1-19(2)14-7-5-12-9-13-6-8-15(20(3)4)11-17(13)18-16(12)10-14;1-3-7-12-10(5-1)9-11-6-2-4-8-13(11)14-12/h5-11H,1-4H3;1-9H. The number of nitrogens with zero attached hydrogens (tertiary/aromatic N) is 4. The zero-order valence-electron chi connectivity index (χ0n) is 20.0. The fourth-order valence-corrected chi connectivity index (χ4v) is 4.08. The Hall–Kier alpha value is -4.18. The Balaban J connectivity index is 0.000000150. The molecule has 0 bridgehead atoms. The zero-order valence-corrected chi connectivity index (χ0v) is 20.0. The van der Waals surface area contributed by atoms with Crippen molar-refractivity contribution < 1.29 is 0 Å². The molecule has 0 atom stereocenters. The van der Waals surface area contributed by atoms with E-state index in [1.165, 1.54) is 32.9 Å². The second-order valence-electron chi connectivity index (χ2n) is 8.91. The van der Waals surface area contributed by atoms with Crippen LogP contribution in [0.5, 0.6) is 0 Å². The summed E-state index contributed by atoms with van der Waals surface area (Å²) in [4.78, 5) is 13.6. The lowest BCUT2D eigenvalue weighted by Gasteiger charge is -2.14. The van der Waals surface area contributed by atoms with Crippen LogP contribution in [-0.2, 0) is 0 Å². The largest absolute Gasteiger partial charge is 0.378 e. The third-order valence-electron chi connectivity index (χ3n) is 6.04. The monoisotopic (exact) mass is 444 g/mol. The van der Waals surface area contributed by atoms with Gasteiger partial charge in [0.2, 0.25) is 0 Å². The Bertz CT molecular complexity index is 1450. The molecule has 6 aromatic rings. The van der Waals surface area contributed by atoms with Gasteiger partial charge in [-0.2, -0.15) is 0 Å². The Morgan fingerprint density at radius 3 is 1.24 bits per heavy atom. The van der Waals surface area contributed by atoms with Crippen molar-refractivity contribution in [1.82, 2.24) is 9.97 Å². The molecule has 2 heterocycles. The van der Waals surface area contributed by atoms with Crippen LogP contribution in [0.1, 0.15) is 0 Å². The first-order valence-corrected chi connectivity index (χ1v) is 11.4. The molecule has 0 aliphatic carbocycles. The van der Waals surface area contributed by atoms with E-state index >= 15 is 0 Å². The van der Waals surface area contributed by atoms with Gasteiger partial charge in [-0.15, -0.1) is 0 Å². The molecule has 0 amide bonds. The number of para-hydroxylation sites is 2. The smallest absolute Gasteiger partial charge is 0.0730 e. The highest BCUT2D eigenvalue weighted by Crippen LogP contribution is 2.26. The fraction of sp³-hybridized carbons (Fsp3) is 0.133.